The van der Waals surface area contributed by atoms with Crippen LogP contribution in [0.4, 0.5) is 4.79 Å². The third kappa shape index (κ3) is 27.0. The van der Waals surface area contributed by atoms with E-state index in [9.17, 15) is 9.59 Å². The molecule has 2 unspecified atom stereocenters. The molecule has 1 fully saturated rings. The topological polar surface area (TPSA) is 81.9 Å². The van der Waals surface area contributed by atoms with E-state index in [1.165, 1.54) is 153 Å². The largest absolute Gasteiger partial charge is 0.467 e. The number of methoxy groups -OCH3 is 1. The Morgan fingerprint density at radius 1 is 0.627 bits per heavy atom. The fourth-order valence-electron chi connectivity index (χ4n) is 6.86. The molecule has 1 rings (SSSR count). The Kier molecular flexibility index (Phi) is 31.8. The number of unbranched alkanes of at least 4 members (excludes halogenated alkanes) is 18. The van der Waals surface area contributed by atoms with Crippen LogP contribution < -0.4 is 5.73 Å². The van der Waals surface area contributed by atoms with E-state index in [2.05, 4.69) is 62.5 Å². The highest BCUT2D eigenvalue weighted by atomic mass is 16.6. The molecule has 0 saturated carbocycles. The number of ether oxygens (including phenoxy) is 2. The molecule has 0 aromatic carbocycles. The van der Waals surface area contributed by atoms with Crippen LogP contribution in [0.15, 0.2) is 48.6 Å². The number of nitrogens with zero attached hydrogens (tertiary/aromatic N) is 1. The summed E-state index contributed by atoms with van der Waals surface area (Å²) >= 11 is 0. The summed E-state index contributed by atoms with van der Waals surface area (Å²) in [6.07, 6.45) is 50.6. The Labute approximate surface area is 315 Å². The first kappa shape index (κ1) is 46.7. The Morgan fingerprint density at radius 3 is 1.47 bits per heavy atom. The second kappa shape index (κ2) is 34.7. The normalized spacial score (nSPS) is 17.1. The molecule has 2 N–H and O–H groups in total. The van der Waals surface area contributed by atoms with Crippen LogP contribution in [0, 0.1) is 5.92 Å². The van der Waals surface area contributed by atoms with Gasteiger partial charge in [0, 0.05) is 12.6 Å². The third-order valence-corrected chi connectivity index (χ3v) is 10.1. The maximum atomic E-state index is 13.0. The zero-order valence-electron chi connectivity index (χ0n) is 33.5. The van der Waals surface area contributed by atoms with Crippen LogP contribution in [-0.2, 0) is 14.3 Å². The summed E-state index contributed by atoms with van der Waals surface area (Å²) in [5, 5.41) is 0. The summed E-state index contributed by atoms with van der Waals surface area (Å²) in [6, 6.07) is -0.870. The molecule has 51 heavy (non-hydrogen) atoms. The summed E-state index contributed by atoms with van der Waals surface area (Å²) in [4.78, 5) is 26.7. The number of allylic oxidation sites excluding steroid dienone is 8. The molecule has 1 aliphatic heterocycles. The van der Waals surface area contributed by atoms with Crippen molar-refractivity contribution in [1.29, 1.82) is 0 Å². The average molecular weight is 713 g/mol. The van der Waals surface area contributed by atoms with Gasteiger partial charge in [-0.15, -0.1) is 0 Å². The van der Waals surface area contributed by atoms with Gasteiger partial charge in [0.1, 0.15) is 6.04 Å². The summed E-state index contributed by atoms with van der Waals surface area (Å²) in [5.74, 6) is -0.0578. The zero-order chi connectivity index (χ0) is 37.0. The van der Waals surface area contributed by atoms with E-state index in [-0.39, 0.29) is 6.04 Å². The second-order valence-corrected chi connectivity index (χ2v) is 14.9. The van der Waals surface area contributed by atoms with Crippen molar-refractivity contribution in [1.82, 2.24) is 4.90 Å². The molecule has 0 radical (unpaired) electrons. The van der Waals surface area contributed by atoms with Gasteiger partial charge in [0.05, 0.1) is 13.7 Å². The Balaban J connectivity index is 2.31. The summed E-state index contributed by atoms with van der Waals surface area (Å²) in [5.41, 5.74) is 6.08. The van der Waals surface area contributed by atoms with Gasteiger partial charge in [0.2, 0.25) is 0 Å². The van der Waals surface area contributed by atoms with Crippen molar-refractivity contribution >= 4 is 12.1 Å². The molecule has 0 aromatic rings. The van der Waals surface area contributed by atoms with Gasteiger partial charge < -0.3 is 15.2 Å². The lowest BCUT2D eigenvalue weighted by atomic mass is 9.94. The van der Waals surface area contributed by atoms with Gasteiger partial charge in [0.15, 0.2) is 0 Å². The fraction of sp³-hybridized carbons (Fsp3) is 0.778. The minimum Gasteiger partial charge on any atom is -0.467 e. The van der Waals surface area contributed by atoms with E-state index >= 15 is 0 Å². The lowest BCUT2D eigenvalue weighted by Crippen LogP contribution is -2.42. The summed E-state index contributed by atoms with van der Waals surface area (Å²) in [6.45, 7) is 5.26. The lowest BCUT2D eigenvalue weighted by Gasteiger charge is -2.24. The molecule has 1 heterocycles. The maximum absolute atomic E-state index is 13.0. The van der Waals surface area contributed by atoms with Crippen molar-refractivity contribution in [3.8, 4) is 0 Å². The highest BCUT2D eigenvalue weighted by Gasteiger charge is 2.40. The molecular weight excluding hydrogens is 633 g/mol. The standard InChI is InChI=1S/C45H80N2O4/c1-4-6-8-10-12-14-16-18-20-22-24-26-28-30-32-34-36-41(40-51-45(49)47-39-42(46)38-43(47)44(48)50-3)37-35-33-31-29-27-25-23-21-19-17-15-13-11-9-7-5-2/h12-15,18-21,41-43H,4-11,16-17,22-40,46H2,1-3H3. The molecule has 0 bridgehead atoms. The Hall–Kier alpha value is -2.34. The first-order chi connectivity index (χ1) is 25.0. The smallest absolute Gasteiger partial charge is 0.410 e. The van der Waals surface area contributed by atoms with Gasteiger partial charge in [-0.2, -0.15) is 0 Å². The van der Waals surface area contributed by atoms with Crippen LogP contribution in [0.25, 0.3) is 0 Å². The number of carbonyl (C=O) groups is 2. The van der Waals surface area contributed by atoms with Crippen LogP contribution in [0.5, 0.6) is 0 Å². The van der Waals surface area contributed by atoms with Crippen LogP contribution in [0.3, 0.4) is 0 Å². The van der Waals surface area contributed by atoms with Gasteiger partial charge >= 0.3 is 12.1 Å². The van der Waals surface area contributed by atoms with Crippen molar-refractivity contribution in [2.24, 2.45) is 11.7 Å². The number of likely N-dealkylation sites (tertiary alicyclic amines) is 1. The highest BCUT2D eigenvalue weighted by Crippen LogP contribution is 2.23. The number of carbonyl (C=O) groups excluding carboxylic acids is 2. The number of hydrogen-bond acceptors (Lipinski definition) is 5. The van der Waals surface area contributed by atoms with E-state index in [0.717, 1.165) is 25.7 Å². The van der Waals surface area contributed by atoms with E-state index in [4.69, 9.17) is 15.2 Å². The molecule has 1 saturated heterocycles. The van der Waals surface area contributed by atoms with E-state index in [0.29, 0.717) is 25.5 Å². The van der Waals surface area contributed by atoms with Crippen molar-refractivity contribution < 1.29 is 19.1 Å². The maximum Gasteiger partial charge on any atom is 0.410 e. The molecular formula is C45H80N2O4. The van der Waals surface area contributed by atoms with Gasteiger partial charge in [-0.1, -0.05) is 152 Å². The zero-order valence-corrected chi connectivity index (χ0v) is 33.5. The van der Waals surface area contributed by atoms with Crippen molar-refractivity contribution in [2.75, 3.05) is 20.3 Å². The minimum atomic E-state index is -0.642. The van der Waals surface area contributed by atoms with E-state index in [1.807, 2.05) is 0 Å². The van der Waals surface area contributed by atoms with Crippen molar-refractivity contribution in [3.05, 3.63) is 48.6 Å². The van der Waals surface area contributed by atoms with E-state index in [1.54, 1.807) is 0 Å². The van der Waals surface area contributed by atoms with Crippen LogP contribution in [-0.4, -0.2) is 49.3 Å². The van der Waals surface area contributed by atoms with E-state index < -0.39 is 18.1 Å². The Morgan fingerprint density at radius 2 is 1.04 bits per heavy atom. The number of rotatable bonds is 33. The predicted octanol–water partition coefficient (Wildman–Crippen LogP) is 12.7. The number of hydrogen-bond donors (Lipinski definition) is 1. The fourth-order valence-corrected chi connectivity index (χ4v) is 6.86. The third-order valence-electron chi connectivity index (χ3n) is 10.1. The second-order valence-electron chi connectivity index (χ2n) is 14.9. The molecule has 0 aliphatic carbocycles. The van der Waals surface area contributed by atoms with Gasteiger partial charge in [-0.3, -0.25) is 4.90 Å². The molecule has 0 spiro atoms. The molecule has 0 aromatic heterocycles. The number of amides is 1. The van der Waals surface area contributed by atoms with Gasteiger partial charge in [0.25, 0.3) is 0 Å². The predicted molar refractivity (Wildman–Crippen MR) is 218 cm³/mol. The number of nitrogens with two attached hydrogens (primary N) is 1. The average Bonchev–Trinajstić information content (AvgIpc) is 3.54. The Bertz CT molecular complexity index is 894. The molecule has 6 heteroatoms. The quantitative estimate of drug-likeness (QED) is 0.0416. The van der Waals surface area contributed by atoms with Gasteiger partial charge in [-0.05, 0) is 89.4 Å². The molecule has 2 atom stereocenters. The van der Waals surface area contributed by atoms with Crippen LogP contribution in [0.1, 0.15) is 187 Å². The van der Waals surface area contributed by atoms with Crippen molar-refractivity contribution in [3.63, 3.8) is 0 Å². The highest BCUT2D eigenvalue weighted by molar-refractivity contribution is 5.82. The monoisotopic (exact) mass is 713 g/mol. The van der Waals surface area contributed by atoms with Crippen molar-refractivity contribution in [2.45, 2.75) is 199 Å². The molecule has 1 amide bonds. The molecule has 1 aliphatic rings. The lowest BCUT2D eigenvalue weighted by molar-refractivity contribution is -0.145. The number of esters is 1. The summed E-state index contributed by atoms with van der Waals surface area (Å²) in [7, 11) is 1.35. The first-order valence-corrected chi connectivity index (χ1v) is 21.4. The van der Waals surface area contributed by atoms with Crippen LogP contribution >= 0.6 is 0 Å². The molecule has 6 nitrogen and oxygen atoms in total. The van der Waals surface area contributed by atoms with Crippen LogP contribution in [0.2, 0.25) is 0 Å². The molecule has 294 valence electrons. The SMILES string of the molecule is CCCCCC=CCC=CCCCCCCCCC(CCCCCCCCC=CCC=CCCCCC)COC(=O)N1CC(N)CC1C(=O)OC. The van der Waals surface area contributed by atoms with Gasteiger partial charge in [-0.25, -0.2) is 9.59 Å². The summed E-state index contributed by atoms with van der Waals surface area (Å²) < 4.78 is 10.7. The first-order valence-electron chi connectivity index (χ1n) is 21.4. The minimum absolute atomic E-state index is 0.228.